The van der Waals surface area contributed by atoms with Crippen LogP contribution in [0.15, 0.2) is 33.2 Å². The van der Waals surface area contributed by atoms with Gasteiger partial charge in [-0.2, -0.15) is 4.98 Å². The van der Waals surface area contributed by atoms with Crippen LogP contribution in [-0.2, 0) is 6.54 Å². The summed E-state index contributed by atoms with van der Waals surface area (Å²) in [5.74, 6) is 1.77. The predicted octanol–water partition coefficient (Wildman–Crippen LogP) is 4.28. The van der Waals surface area contributed by atoms with Gasteiger partial charge in [0, 0.05) is 16.6 Å². The van der Waals surface area contributed by atoms with Crippen molar-refractivity contribution in [2.24, 2.45) is 0 Å². The lowest BCUT2D eigenvalue weighted by Gasteiger charge is -2.07. The number of hydrogen-bond acceptors (Lipinski definition) is 5. The molecule has 0 radical (unpaired) electrons. The quantitative estimate of drug-likeness (QED) is 0.517. The fraction of sp³-hybridized carbons (Fsp3) is 0.222. The third-order valence-electron chi connectivity index (χ3n) is 4.51. The van der Waals surface area contributed by atoms with E-state index in [1.165, 1.54) is 0 Å². The first-order valence-corrected chi connectivity index (χ1v) is 8.89. The number of rotatable bonds is 1. The number of aromatic nitrogens is 3. The van der Waals surface area contributed by atoms with Crippen LogP contribution >= 0.6 is 15.9 Å². The van der Waals surface area contributed by atoms with Crippen molar-refractivity contribution in [2.75, 3.05) is 12.3 Å². The zero-order valence-corrected chi connectivity index (χ0v) is 15.1. The average Bonchev–Trinajstić information content (AvgIpc) is 3.03. The van der Waals surface area contributed by atoms with Crippen molar-refractivity contribution in [1.82, 2.24) is 14.5 Å². The van der Waals surface area contributed by atoms with E-state index in [0.29, 0.717) is 6.61 Å². The van der Waals surface area contributed by atoms with E-state index in [4.69, 9.17) is 19.9 Å². The zero-order valence-electron chi connectivity index (χ0n) is 13.5. The van der Waals surface area contributed by atoms with Gasteiger partial charge in [0.15, 0.2) is 5.58 Å². The summed E-state index contributed by atoms with van der Waals surface area (Å²) in [5.41, 5.74) is 11.1. The van der Waals surface area contributed by atoms with Crippen LogP contribution in [0.4, 0.5) is 6.01 Å². The monoisotopic (exact) mass is 398 g/mol. The summed E-state index contributed by atoms with van der Waals surface area (Å²) in [6.45, 7) is 3.55. The molecule has 6 nitrogen and oxygen atoms in total. The molecule has 0 saturated heterocycles. The summed E-state index contributed by atoms with van der Waals surface area (Å²) < 4.78 is 14.6. The number of ether oxygens (including phenoxy) is 1. The molecule has 1 aliphatic rings. The molecule has 2 aromatic heterocycles. The molecule has 1 aliphatic heterocycles. The highest BCUT2D eigenvalue weighted by Gasteiger charge is 2.21. The third kappa shape index (κ3) is 2.22. The number of fused-ring (bicyclic) bond motifs is 1. The second-order valence-electron chi connectivity index (χ2n) is 6.25. The van der Waals surface area contributed by atoms with Gasteiger partial charge >= 0.3 is 0 Å². The minimum Gasteiger partial charge on any atom is -0.491 e. The van der Waals surface area contributed by atoms with Crippen molar-refractivity contribution in [3.05, 3.63) is 34.3 Å². The smallest absolute Gasteiger partial charge is 0.292 e. The molecule has 0 spiro atoms. The average molecular weight is 399 g/mol. The molecule has 0 saturated carbocycles. The highest BCUT2D eigenvalue weighted by atomic mass is 79.9. The van der Waals surface area contributed by atoms with Crippen LogP contribution in [-0.4, -0.2) is 21.1 Å². The summed E-state index contributed by atoms with van der Waals surface area (Å²) in [6.07, 6.45) is 0.933. The molecule has 2 aromatic carbocycles. The Morgan fingerprint density at radius 3 is 2.92 bits per heavy atom. The lowest BCUT2D eigenvalue weighted by Crippen LogP contribution is -2.01. The van der Waals surface area contributed by atoms with Crippen molar-refractivity contribution in [2.45, 2.75) is 19.9 Å². The van der Waals surface area contributed by atoms with Crippen LogP contribution in [0, 0.1) is 6.92 Å². The van der Waals surface area contributed by atoms with E-state index in [9.17, 15) is 0 Å². The SMILES string of the molecule is Cc1cc(-c2nc3cc(Br)cc4c3n2CCCO4)cc2nc(N)oc12. The number of aryl methyl sites for hydroxylation is 2. The molecule has 4 aromatic rings. The van der Waals surface area contributed by atoms with E-state index in [1.54, 1.807) is 0 Å². The van der Waals surface area contributed by atoms with Gasteiger partial charge in [0.05, 0.1) is 12.1 Å². The van der Waals surface area contributed by atoms with Gasteiger partial charge in [-0.3, -0.25) is 0 Å². The summed E-state index contributed by atoms with van der Waals surface area (Å²) in [7, 11) is 0. The normalized spacial score (nSPS) is 14.0. The number of imidazole rings is 1. The Morgan fingerprint density at radius 1 is 1.16 bits per heavy atom. The van der Waals surface area contributed by atoms with Gasteiger partial charge in [-0.05, 0) is 43.2 Å². The number of nitrogens with zero attached hydrogens (tertiary/aromatic N) is 3. The van der Waals surface area contributed by atoms with Crippen LogP contribution in [0.3, 0.4) is 0 Å². The van der Waals surface area contributed by atoms with E-state index < -0.39 is 0 Å². The number of halogens is 1. The van der Waals surface area contributed by atoms with Gasteiger partial charge in [-0.15, -0.1) is 0 Å². The molecule has 0 aliphatic carbocycles. The van der Waals surface area contributed by atoms with Gasteiger partial charge in [0.1, 0.15) is 22.6 Å². The molecule has 0 unspecified atom stereocenters. The van der Waals surface area contributed by atoms with Crippen molar-refractivity contribution in [3.63, 3.8) is 0 Å². The Hall–Kier alpha value is -2.54. The predicted molar refractivity (Wildman–Crippen MR) is 99.7 cm³/mol. The van der Waals surface area contributed by atoms with Gasteiger partial charge in [0.25, 0.3) is 6.01 Å². The number of hydrogen-bond donors (Lipinski definition) is 1. The Labute approximate surface area is 151 Å². The molecule has 0 amide bonds. The summed E-state index contributed by atoms with van der Waals surface area (Å²) in [6, 6.07) is 8.25. The lowest BCUT2D eigenvalue weighted by atomic mass is 10.1. The van der Waals surface area contributed by atoms with E-state index in [2.05, 4.69) is 31.5 Å². The van der Waals surface area contributed by atoms with Gasteiger partial charge < -0.3 is 19.5 Å². The van der Waals surface area contributed by atoms with Crippen LogP contribution < -0.4 is 10.5 Å². The maximum absolute atomic E-state index is 5.91. The Kier molecular flexibility index (Phi) is 3.09. The standard InChI is InChI=1S/C18H15BrN4O2/c1-9-5-10(6-13-16(9)25-18(20)22-13)17-21-12-7-11(19)8-14-15(12)23(17)3-2-4-24-14/h5-8H,2-4H2,1H3,(H2,20,22). The first kappa shape index (κ1) is 14.8. The fourth-order valence-corrected chi connectivity index (χ4v) is 3.92. The molecule has 25 heavy (non-hydrogen) atoms. The van der Waals surface area contributed by atoms with Crippen molar-refractivity contribution < 1.29 is 9.15 Å². The Morgan fingerprint density at radius 2 is 2.04 bits per heavy atom. The van der Waals surface area contributed by atoms with Crippen LogP contribution in [0.2, 0.25) is 0 Å². The summed E-state index contributed by atoms with van der Waals surface area (Å²) >= 11 is 3.55. The van der Waals surface area contributed by atoms with Gasteiger partial charge in [0.2, 0.25) is 0 Å². The van der Waals surface area contributed by atoms with Crippen LogP contribution in [0.25, 0.3) is 33.5 Å². The zero-order chi connectivity index (χ0) is 17.1. The van der Waals surface area contributed by atoms with Crippen LogP contribution in [0.5, 0.6) is 5.75 Å². The number of nitrogens with two attached hydrogens (primary N) is 1. The molecule has 5 rings (SSSR count). The number of nitrogen functional groups attached to an aromatic ring is 1. The van der Waals surface area contributed by atoms with Crippen molar-refractivity contribution in [3.8, 4) is 17.1 Å². The largest absolute Gasteiger partial charge is 0.491 e. The summed E-state index contributed by atoms with van der Waals surface area (Å²) in [4.78, 5) is 9.15. The first-order chi connectivity index (χ1) is 12.1. The minimum absolute atomic E-state index is 0.182. The van der Waals surface area contributed by atoms with Crippen molar-refractivity contribution >= 4 is 44.1 Å². The summed E-state index contributed by atoms with van der Waals surface area (Å²) in [5, 5.41) is 0. The Bertz CT molecular complexity index is 1150. The molecule has 2 N–H and O–H groups in total. The van der Waals surface area contributed by atoms with Gasteiger partial charge in [-0.25, -0.2) is 4.98 Å². The molecular weight excluding hydrogens is 384 g/mol. The maximum atomic E-state index is 5.91. The van der Waals surface area contributed by atoms with E-state index in [-0.39, 0.29) is 6.01 Å². The molecular formula is C18H15BrN4O2. The fourth-order valence-electron chi connectivity index (χ4n) is 3.50. The number of anilines is 1. The Balaban J connectivity index is 1.82. The molecule has 7 heteroatoms. The highest BCUT2D eigenvalue weighted by Crippen LogP contribution is 2.37. The van der Waals surface area contributed by atoms with Crippen LogP contribution in [0.1, 0.15) is 12.0 Å². The lowest BCUT2D eigenvalue weighted by molar-refractivity contribution is 0.315. The molecule has 0 fully saturated rings. The first-order valence-electron chi connectivity index (χ1n) is 8.10. The molecule has 0 bridgehead atoms. The molecule has 0 atom stereocenters. The number of benzene rings is 2. The minimum atomic E-state index is 0.182. The maximum Gasteiger partial charge on any atom is 0.292 e. The molecule has 3 heterocycles. The van der Waals surface area contributed by atoms with Gasteiger partial charge in [-0.1, -0.05) is 15.9 Å². The van der Waals surface area contributed by atoms with E-state index in [0.717, 1.165) is 62.3 Å². The second-order valence-corrected chi connectivity index (χ2v) is 7.17. The second kappa shape index (κ2) is 5.23. The van der Waals surface area contributed by atoms with E-state index >= 15 is 0 Å². The number of oxazole rings is 1. The third-order valence-corrected chi connectivity index (χ3v) is 4.96. The molecule has 126 valence electrons. The highest BCUT2D eigenvalue weighted by molar-refractivity contribution is 9.10. The van der Waals surface area contributed by atoms with E-state index in [1.807, 2.05) is 25.1 Å². The topological polar surface area (TPSA) is 79.1 Å². The van der Waals surface area contributed by atoms with Crippen molar-refractivity contribution in [1.29, 1.82) is 0 Å².